The van der Waals surface area contributed by atoms with Crippen molar-refractivity contribution < 1.29 is 18.4 Å². The molecular weight excluding hydrogens is 248 g/mol. The van der Waals surface area contributed by atoms with Gasteiger partial charge in [0.05, 0.1) is 0 Å². The summed E-state index contributed by atoms with van der Waals surface area (Å²) in [6.07, 6.45) is 4.61. The second-order valence-electron chi connectivity index (χ2n) is 4.41. The Morgan fingerprint density at radius 1 is 0.778 bits per heavy atom. The zero-order valence-corrected chi connectivity index (χ0v) is 13.2. The Morgan fingerprint density at radius 2 is 1.22 bits per heavy atom. The molecule has 0 aromatic rings. The zero-order chi connectivity index (χ0) is 13.7. The molecule has 5 heteroatoms. The summed E-state index contributed by atoms with van der Waals surface area (Å²) in [6, 6.07) is 0.813. The van der Waals surface area contributed by atoms with Crippen LogP contribution >= 0.6 is 0 Å². The molecule has 1 N–H and O–H groups in total. The lowest BCUT2D eigenvalue weighted by molar-refractivity contribution is 0.0583. The fourth-order valence-electron chi connectivity index (χ4n) is 1.57. The van der Waals surface area contributed by atoms with E-state index in [1.807, 2.05) is 0 Å². The maximum Gasteiger partial charge on any atom is 0.500 e. The molecular formula is C13H30O4Si. The van der Waals surface area contributed by atoms with Crippen molar-refractivity contribution in [2.75, 3.05) is 26.4 Å². The lowest BCUT2D eigenvalue weighted by Crippen LogP contribution is -2.46. The molecule has 0 aromatic carbocycles. The highest BCUT2D eigenvalue weighted by molar-refractivity contribution is 6.60. The normalized spacial score (nSPS) is 12.0. The Morgan fingerprint density at radius 3 is 1.56 bits per heavy atom. The number of aliphatic hydroxyl groups is 1. The molecule has 0 amide bonds. The van der Waals surface area contributed by atoms with Gasteiger partial charge in [-0.05, 0) is 32.1 Å². The van der Waals surface area contributed by atoms with Crippen molar-refractivity contribution in [3.05, 3.63) is 0 Å². The predicted molar refractivity (Wildman–Crippen MR) is 75.6 cm³/mol. The second kappa shape index (κ2) is 12.1. The molecule has 0 bridgehead atoms. The Hall–Kier alpha value is 0.0569. The Bertz CT molecular complexity index is 157. The Labute approximate surface area is 113 Å². The van der Waals surface area contributed by atoms with E-state index in [0.29, 0.717) is 19.8 Å². The molecule has 0 rings (SSSR count). The average Bonchev–Trinajstić information content (AvgIpc) is 2.40. The first-order chi connectivity index (χ1) is 8.74. The van der Waals surface area contributed by atoms with E-state index in [1.54, 1.807) is 0 Å². The largest absolute Gasteiger partial charge is 0.500 e. The van der Waals surface area contributed by atoms with Crippen molar-refractivity contribution in [1.29, 1.82) is 0 Å². The van der Waals surface area contributed by atoms with E-state index >= 15 is 0 Å². The van der Waals surface area contributed by atoms with E-state index in [4.69, 9.17) is 18.4 Å². The number of hydrogen-bond donors (Lipinski definition) is 1. The van der Waals surface area contributed by atoms with Crippen molar-refractivity contribution in [1.82, 2.24) is 0 Å². The van der Waals surface area contributed by atoms with Crippen LogP contribution in [0.3, 0.4) is 0 Å². The first kappa shape index (κ1) is 18.1. The first-order valence-corrected chi connectivity index (χ1v) is 9.20. The molecule has 0 atom stereocenters. The summed E-state index contributed by atoms with van der Waals surface area (Å²) in [4.78, 5) is 0. The van der Waals surface area contributed by atoms with E-state index in [1.165, 1.54) is 0 Å². The van der Waals surface area contributed by atoms with Gasteiger partial charge in [-0.2, -0.15) is 0 Å². The van der Waals surface area contributed by atoms with Crippen LogP contribution in [0, 0.1) is 0 Å². The van der Waals surface area contributed by atoms with E-state index in [2.05, 4.69) is 20.8 Å². The number of hydrogen-bond acceptors (Lipinski definition) is 4. The molecule has 18 heavy (non-hydrogen) atoms. The van der Waals surface area contributed by atoms with Crippen molar-refractivity contribution in [2.45, 2.75) is 58.9 Å². The lowest BCUT2D eigenvalue weighted by Gasteiger charge is -2.29. The molecule has 0 aromatic heterocycles. The van der Waals surface area contributed by atoms with Gasteiger partial charge in [-0.25, -0.2) is 0 Å². The molecule has 0 saturated carbocycles. The van der Waals surface area contributed by atoms with E-state index in [9.17, 15) is 0 Å². The molecule has 0 heterocycles. The molecule has 0 aliphatic carbocycles. The van der Waals surface area contributed by atoms with E-state index < -0.39 is 8.80 Å². The van der Waals surface area contributed by atoms with Gasteiger partial charge in [-0.1, -0.05) is 20.8 Å². The number of rotatable bonds is 13. The SMILES string of the molecule is CCCO[Si](CCCCO)(OCCC)OCCC. The summed E-state index contributed by atoms with van der Waals surface area (Å²) in [5, 5.41) is 8.88. The molecule has 0 spiro atoms. The van der Waals surface area contributed by atoms with Crippen LogP contribution in [0.5, 0.6) is 0 Å². The third kappa shape index (κ3) is 8.21. The van der Waals surface area contributed by atoms with Gasteiger partial charge in [0.25, 0.3) is 0 Å². The monoisotopic (exact) mass is 278 g/mol. The van der Waals surface area contributed by atoms with Gasteiger partial charge in [-0.3, -0.25) is 0 Å². The van der Waals surface area contributed by atoms with Crippen LogP contribution in [0.4, 0.5) is 0 Å². The van der Waals surface area contributed by atoms with Crippen molar-refractivity contribution in [3.63, 3.8) is 0 Å². The van der Waals surface area contributed by atoms with Crippen molar-refractivity contribution >= 4 is 8.80 Å². The van der Waals surface area contributed by atoms with Crippen LogP contribution in [0.1, 0.15) is 52.9 Å². The number of aliphatic hydroxyl groups excluding tert-OH is 1. The maximum absolute atomic E-state index is 8.88. The summed E-state index contributed by atoms with van der Waals surface area (Å²) >= 11 is 0. The zero-order valence-electron chi connectivity index (χ0n) is 12.2. The summed E-state index contributed by atoms with van der Waals surface area (Å²) < 4.78 is 17.8. The van der Waals surface area contributed by atoms with Gasteiger partial charge < -0.3 is 18.4 Å². The first-order valence-electron chi connectivity index (χ1n) is 7.27. The van der Waals surface area contributed by atoms with Gasteiger partial charge in [0.1, 0.15) is 0 Å². The van der Waals surface area contributed by atoms with Gasteiger partial charge in [0.15, 0.2) is 0 Å². The molecule has 0 aliphatic rings. The highest BCUT2D eigenvalue weighted by atomic mass is 28.4. The summed E-state index contributed by atoms with van der Waals surface area (Å²) in [7, 11) is -2.51. The molecule has 4 nitrogen and oxygen atoms in total. The number of unbranched alkanes of at least 4 members (excludes halogenated alkanes) is 1. The Balaban J connectivity index is 4.41. The van der Waals surface area contributed by atoms with Crippen molar-refractivity contribution in [2.24, 2.45) is 0 Å². The molecule has 0 aliphatic heterocycles. The minimum Gasteiger partial charge on any atom is -0.396 e. The lowest BCUT2D eigenvalue weighted by atomic mass is 10.4. The summed E-state index contributed by atoms with van der Waals surface area (Å²) in [5.41, 5.74) is 0. The quantitative estimate of drug-likeness (QED) is 0.415. The molecule has 0 unspecified atom stereocenters. The molecule has 0 fully saturated rings. The molecule has 0 radical (unpaired) electrons. The molecule has 0 saturated heterocycles. The highest BCUT2D eigenvalue weighted by Gasteiger charge is 2.40. The fraction of sp³-hybridized carbons (Fsp3) is 1.00. The fourth-order valence-corrected chi connectivity index (χ4v) is 4.48. The predicted octanol–water partition coefficient (Wildman–Crippen LogP) is 2.98. The topological polar surface area (TPSA) is 47.9 Å². The van der Waals surface area contributed by atoms with Gasteiger partial charge in [0, 0.05) is 32.5 Å². The maximum atomic E-state index is 8.88. The summed E-state index contributed by atoms with van der Waals surface area (Å²) in [5.74, 6) is 0. The van der Waals surface area contributed by atoms with Crippen LogP contribution in [0.2, 0.25) is 6.04 Å². The third-order valence-corrected chi connectivity index (χ3v) is 5.37. The Kier molecular flexibility index (Phi) is 12.1. The smallest absolute Gasteiger partial charge is 0.396 e. The molecule has 110 valence electrons. The van der Waals surface area contributed by atoms with Crippen LogP contribution < -0.4 is 0 Å². The minimum atomic E-state index is -2.51. The third-order valence-electron chi connectivity index (χ3n) is 2.47. The highest BCUT2D eigenvalue weighted by Crippen LogP contribution is 2.20. The minimum absolute atomic E-state index is 0.222. The van der Waals surface area contributed by atoms with E-state index in [0.717, 1.165) is 38.1 Å². The van der Waals surface area contributed by atoms with Crippen LogP contribution in [-0.4, -0.2) is 40.3 Å². The van der Waals surface area contributed by atoms with Crippen LogP contribution in [0.25, 0.3) is 0 Å². The van der Waals surface area contributed by atoms with Gasteiger partial charge >= 0.3 is 8.80 Å². The van der Waals surface area contributed by atoms with Gasteiger partial charge in [-0.15, -0.1) is 0 Å². The average molecular weight is 278 g/mol. The van der Waals surface area contributed by atoms with Crippen LogP contribution in [-0.2, 0) is 13.3 Å². The van der Waals surface area contributed by atoms with E-state index in [-0.39, 0.29) is 6.61 Å². The standard InChI is InChI=1S/C13H30O4Si/c1-4-10-15-18(16-11-5-2,17-12-6-3)13-8-7-9-14/h14H,4-13H2,1-3H3. The van der Waals surface area contributed by atoms with Crippen LogP contribution in [0.15, 0.2) is 0 Å². The second-order valence-corrected chi connectivity index (χ2v) is 7.14. The summed E-state index contributed by atoms with van der Waals surface area (Å²) in [6.45, 7) is 8.57. The van der Waals surface area contributed by atoms with Gasteiger partial charge in [0.2, 0.25) is 0 Å². The van der Waals surface area contributed by atoms with Crippen molar-refractivity contribution in [3.8, 4) is 0 Å².